The van der Waals surface area contributed by atoms with Crippen LogP contribution in [0.3, 0.4) is 0 Å². The van der Waals surface area contributed by atoms with Crippen LogP contribution in [-0.2, 0) is 6.54 Å². The summed E-state index contributed by atoms with van der Waals surface area (Å²) in [5.74, 6) is -1.29. The predicted molar refractivity (Wildman–Crippen MR) is 86.8 cm³/mol. The van der Waals surface area contributed by atoms with E-state index in [9.17, 15) is 13.6 Å². The quantitative estimate of drug-likeness (QED) is 0.793. The Morgan fingerprint density at radius 2 is 1.79 bits per heavy atom. The molecule has 1 heterocycles. The van der Waals surface area contributed by atoms with Crippen molar-refractivity contribution >= 4 is 11.6 Å². The highest BCUT2D eigenvalue weighted by Gasteiger charge is 2.13. The molecular formula is C18H15F2N3O. The molecule has 122 valence electrons. The number of amides is 1. The van der Waals surface area contributed by atoms with E-state index >= 15 is 0 Å². The summed E-state index contributed by atoms with van der Waals surface area (Å²) in [5, 5.41) is 2.26. The topological polar surface area (TPSA) is 46.9 Å². The largest absolute Gasteiger partial charge is 0.331 e. The lowest BCUT2D eigenvalue weighted by Gasteiger charge is -2.09. The predicted octanol–water partition coefficient (Wildman–Crippen LogP) is 3.77. The molecule has 0 spiro atoms. The SMILES string of the molecule is Cc1nccn1Cc1ccc(C(=O)Nc2c(F)cccc2F)cc1. The first-order valence-corrected chi connectivity index (χ1v) is 7.36. The lowest BCUT2D eigenvalue weighted by Crippen LogP contribution is -2.14. The average Bonchev–Trinajstić information content (AvgIpc) is 2.97. The van der Waals surface area contributed by atoms with Gasteiger partial charge >= 0.3 is 0 Å². The van der Waals surface area contributed by atoms with E-state index < -0.39 is 23.2 Å². The van der Waals surface area contributed by atoms with Gasteiger partial charge in [0.2, 0.25) is 0 Å². The molecule has 0 saturated heterocycles. The number of hydrogen-bond donors (Lipinski definition) is 1. The third-order valence-corrected chi connectivity index (χ3v) is 3.69. The Hall–Kier alpha value is -3.02. The van der Waals surface area contributed by atoms with E-state index in [1.807, 2.05) is 17.7 Å². The number of nitrogens with zero attached hydrogens (tertiary/aromatic N) is 2. The number of imidazole rings is 1. The van der Waals surface area contributed by atoms with Crippen LogP contribution in [0, 0.1) is 18.6 Å². The number of para-hydroxylation sites is 1. The first-order valence-electron chi connectivity index (χ1n) is 7.36. The summed E-state index contributed by atoms with van der Waals surface area (Å²) in [4.78, 5) is 16.3. The average molecular weight is 327 g/mol. The van der Waals surface area contributed by atoms with E-state index in [1.165, 1.54) is 6.07 Å². The number of aryl methyl sites for hydroxylation is 1. The van der Waals surface area contributed by atoms with Crippen molar-refractivity contribution in [3.05, 3.63) is 83.4 Å². The minimum atomic E-state index is -0.810. The maximum Gasteiger partial charge on any atom is 0.255 e. The fourth-order valence-electron chi connectivity index (χ4n) is 2.33. The van der Waals surface area contributed by atoms with E-state index in [0.717, 1.165) is 23.5 Å². The lowest BCUT2D eigenvalue weighted by atomic mass is 10.1. The van der Waals surface area contributed by atoms with Crippen molar-refractivity contribution in [3.8, 4) is 0 Å². The minimum Gasteiger partial charge on any atom is -0.331 e. The summed E-state index contributed by atoms with van der Waals surface area (Å²) in [6.45, 7) is 2.54. The van der Waals surface area contributed by atoms with Gasteiger partial charge in [-0.25, -0.2) is 13.8 Å². The Bertz CT molecular complexity index is 852. The van der Waals surface area contributed by atoms with Crippen LogP contribution in [0.5, 0.6) is 0 Å². The van der Waals surface area contributed by atoms with Crippen LogP contribution in [0.1, 0.15) is 21.7 Å². The van der Waals surface area contributed by atoms with Crippen molar-refractivity contribution in [2.75, 3.05) is 5.32 Å². The number of carbonyl (C=O) groups excluding carboxylic acids is 1. The summed E-state index contributed by atoms with van der Waals surface area (Å²) in [7, 11) is 0. The molecule has 0 atom stereocenters. The third kappa shape index (κ3) is 3.32. The highest BCUT2D eigenvalue weighted by Crippen LogP contribution is 2.19. The number of aromatic nitrogens is 2. The van der Waals surface area contributed by atoms with E-state index in [2.05, 4.69) is 10.3 Å². The Balaban J connectivity index is 1.73. The van der Waals surface area contributed by atoms with Crippen molar-refractivity contribution in [3.63, 3.8) is 0 Å². The molecule has 0 bridgehead atoms. The van der Waals surface area contributed by atoms with E-state index in [1.54, 1.807) is 30.5 Å². The molecule has 0 aliphatic rings. The van der Waals surface area contributed by atoms with Crippen LogP contribution in [0.15, 0.2) is 54.9 Å². The number of halogens is 2. The molecular weight excluding hydrogens is 312 g/mol. The number of benzene rings is 2. The standard InChI is InChI=1S/C18H15F2N3O/c1-12-21-9-10-23(12)11-13-5-7-14(8-6-13)18(24)22-17-15(19)3-2-4-16(17)20/h2-10H,11H2,1H3,(H,22,24). The molecule has 1 aromatic heterocycles. The zero-order valence-corrected chi connectivity index (χ0v) is 13.0. The summed E-state index contributed by atoms with van der Waals surface area (Å²) >= 11 is 0. The fraction of sp³-hybridized carbons (Fsp3) is 0.111. The van der Waals surface area contributed by atoms with Gasteiger partial charge in [-0.05, 0) is 36.8 Å². The Kier molecular flexibility index (Phi) is 4.37. The summed E-state index contributed by atoms with van der Waals surface area (Å²) in [6.07, 6.45) is 3.59. The molecule has 0 aliphatic heterocycles. The van der Waals surface area contributed by atoms with Crippen LogP contribution in [0.25, 0.3) is 0 Å². The maximum absolute atomic E-state index is 13.6. The Labute approximate surface area is 137 Å². The molecule has 0 radical (unpaired) electrons. The Morgan fingerprint density at radius 3 is 2.38 bits per heavy atom. The monoisotopic (exact) mass is 327 g/mol. The second-order valence-electron chi connectivity index (χ2n) is 5.35. The van der Waals surface area contributed by atoms with Crippen molar-refractivity contribution in [2.24, 2.45) is 0 Å². The zero-order valence-electron chi connectivity index (χ0n) is 13.0. The maximum atomic E-state index is 13.6. The van der Waals surface area contributed by atoms with Crippen LogP contribution in [0.2, 0.25) is 0 Å². The molecule has 0 fully saturated rings. The number of anilines is 1. The number of nitrogens with one attached hydrogen (secondary N) is 1. The molecule has 4 nitrogen and oxygen atoms in total. The first-order chi connectivity index (χ1) is 11.5. The molecule has 6 heteroatoms. The van der Waals surface area contributed by atoms with E-state index in [4.69, 9.17) is 0 Å². The zero-order chi connectivity index (χ0) is 17.1. The van der Waals surface area contributed by atoms with Gasteiger partial charge in [0.25, 0.3) is 5.91 Å². The van der Waals surface area contributed by atoms with Gasteiger partial charge in [0.15, 0.2) is 0 Å². The smallest absolute Gasteiger partial charge is 0.255 e. The minimum absolute atomic E-state index is 0.323. The lowest BCUT2D eigenvalue weighted by molar-refractivity contribution is 0.102. The van der Waals surface area contributed by atoms with Crippen LogP contribution in [-0.4, -0.2) is 15.5 Å². The molecule has 3 aromatic rings. The third-order valence-electron chi connectivity index (χ3n) is 3.69. The summed E-state index contributed by atoms with van der Waals surface area (Å²) in [6, 6.07) is 10.3. The number of rotatable bonds is 4. The van der Waals surface area contributed by atoms with Crippen LogP contribution >= 0.6 is 0 Å². The van der Waals surface area contributed by atoms with Crippen LogP contribution in [0.4, 0.5) is 14.5 Å². The van der Waals surface area contributed by atoms with Gasteiger partial charge in [0, 0.05) is 24.5 Å². The first kappa shape index (κ1) is 15.9. The van der Waals surface area contributed by atoms with Gasteiger partial charge in [-0.3, -0.25) is 4.79 Å². The molecule has 24 heavy (non-hydrogen) atoms. The highest BCUT2D eigenvalue weighted by atomic mass is 19.1. The molecule has 0 unspecified atom stereocenters. The Morgan fingerprint density at radius 1 is 1.12 bits per heavy atom. The summed E-state index contributed by atoms with van der Waals surface area (Å²) < 4.78 is 29.1. The normalized spacial score (nSPS) is 10.6. The van der Waals surface area contributed by atoms with E-state index in [-0.39, 0.29) is 0 Å². The van der Waals surface area contributed by atoms with Gasteiger partial charge < -0.3 is 9.88 Å². The molecule has 1 N–H and O–H groups in total. The second-order valence-corrected chi connectivity index (χ2v) is 5.35. The van der Waals surface area contributed by atoms with Gasteiger partial charge in [-0.1, -0.05) is 18.2 Å². The van der Waals surface area contributed by atoms with Crippen molar-refractivity contribution < 1.29 is 13.6 Å². The molecule has 0 aliphatic carbocycles. The summed E-state index contributed by atoms with van der Waals surface area (Å²) in [5.41, 5.74) is 0.870. The van der Waals surface area contributed by atoms with Gasteiger partial charge in [-0.15, -0.1) is 0 Å². The van der Waals surface area contributed by atoms with Gasteiger partial charge in [0.1, 0.15) is 23.1 Å². The van der Waals surface area contributed by atoms with Crippen molar-refractivity contribution in [1.82, 2.24) is 9.55 Å². The van der Waals surface area contributed by atoms with Gasteiger partial charge in [-0.2, -0.15) is 0 Å². The second kappa shape index (κ2) is 6.62. The number of carbonyl (C=O) groups is 1. The molecule has 0 saturated carbocycles. The molecule has 1 amide bonds. The molecule has 3 rings (SSSR count). The van der Waals surface area contributed by atoms with Gasteiger partial charge in [0.05, 0.1) is 0 Å². The fourth-order valence-corrected chi connectivity index (χ4v) is 2.33. The van der Waals surface area contributed by atoms with Crippen LogP contribution < -0.4 is 5.32 Å². The number of hydrogen-bond acceptors (Lipinski definition) is 2. The van der Waals surface area contributed by atoms with Crippen molar-refractivity contribution in [1.29, 1.82) is 0 Å². The molecule has 2 aromatic carbocycles. The highest BCUT2D eigenvalue weighted by molar-refractivity contribution is 6.04. The van der Waals surface area contributed by atoms with E-state index in [0.29, 0.717) is 12.1 Å². The van der Waals surface area contributed by atoms with Crippen molar-refractivity contribution in [2.45, 2.75) is 13.5 Å².